The lowest BCUT2D eigenvalue weighted by molar-refractivity contribution is 0.584. The van der Waals surface area contributed by atoms with Crippen molar-refractivity contribution in [3.8, 4) is 0 Å². The largest absolute Gasteiger partial charge is 0.277 e. The van der Waals surface area contributed by atoms with Gasteiger partial charge in [-0.05, 0) is 36.4 Å². The molecule has 0 saturated heterocycles. The first-order valence-electron chi connectivity index (χ1n) is 7.40. The van der Waals surface area contributed by atoms with E-state index in [1.165, 1.54) is 36.4 Å². The number of benzene rings is 3. The fraction of sp³-hybridized carbons (Fsp3) is 0. The maximum Gasteiger partial charge on any atom is 0.277 e. The third-order valence-corrected chi connectivity index (χ3v) is 7.69. The van der Waals surface area contributed by atoms with Crippen molar-refractivity contribution in [3.63, 3.8) is 0 Å². The van der Waals surface area contributed by atoms with Crippen molar-refractivity contribution < 1.29 is 16.8 Å². The zero-order chi connectivity index (χ0) is 17.9. The quantitative estimate of drug-likeness (QED) is 0.688. The van der Waals surface area contributed by atoms with E-state index in [4.69, 9.17) is 0 Å². The molecule has 0 aliphatic heterocycles. The number of hydrogen-bond donors (Lipinski definition) is 0. The first-order valence-corrected chi connectivity index (χ1v) is 10.3. The van der Waals surface area contributed by atoms with Gasteiger partial charge in [0.05, 0.1) is 15.5 Å². The normalized spacial score (nSPS) is 11.8. The lowest BCUT2D eigenvalue weighted by Crippen LogP contribution is -2.37. The Hall–Kier alpha value is -2.64. The van der Waals surface area contributed by atoms with Crippen LogP contribution in [0.4, 0.5) is 5.69 Å². The minimum Gasteiger partial charge on any atom is -0.200 e. The molecule has 0 spiro atoms. The van der Waals surface area contributed by atoms with Gasteiger partial charge in [0.25, 0.3) is 20.0 Å². The molecule has 3 rings (SSSR count). The smallest absolute Gasteiger partial charge is 0.200 e. The topological polar surface area (TPSA) is 71.5 Å². The van der Waals surface area contributed by atoms with Gasteiger partial charge in [0.2, 0.25) is 0 Å². The van der Waals surface area contributed by atoms with Crippen LogP contribution in [0.2, 0.25) is 0 Å². The van der Waals surface area contributed by atoms with Crippen LogP contribution in [0.3, 0.4) is 0 Å². The summed E-state index contributed by atoms with van der Waals surface area (Å²) in [6, 6.07) is 22.7. The molecule has 0 aliphatic rings. The molecule has 3 aromatic carbocycles. The second-order valence-corrected chi connectivity index (χ2v) is 8.97. The Labute approximate surface area is 147 Å². The van der Waals surface area contributed by atoms with Gasteiger partial charge in [-0.15, -0.1) is 0 Å². The standard InChI is InChI=1S/C18H15NO4S2/c20-24(21,17-12-6-2-7-13-17)19(16-10-4-1-5-11-16)25(22,23)18-14-8-3-9-15-18/h1-15H. The highest BCUT2D eigenvalue weighted by Gasteiger charge is 2.36. The number of sulfonamides is 2. The van der Waals surface area contributed by atoms with E-state index in [2.05, 4.69) is 0 Å². The van der Waals surface area contributed by atoms with Gasteiger partial charge in [-0.3, -0.25) is 0 Å². The summed E-state index contributed by atoms with van der Waals surface area (Å²) < 4.78 is 52.9. The third kappa shape index (κ3) is 3.29. The molecule has 0 aromatic heterocycles. The second kappa shape index (κ2) is 6.70. The molecule has 128 valence electrons. The zero-order valence-corrected chi connectivity index (χ0v) is 14.7. The van der Waals surface area contributed by atoms with Gasteiger partial charge < -0.3 is 0 Å². The highest BCUT2D eigenvalue weighted by atomic mass is 32.3. The van der Waals surface area contributed by atoms with Crippen LogP contribution in [-0.2, 0) is 20.0 Å². The summed E-state index contributed by atoms with van der Waals surface area (Å²) in [5, 5.41) is 0. The van der Waals surface area contributed by atoms with Crippen LogP contribution in [0.25, 0.3) is 0 Å². The highest BCUT2D eigenvalue weighted by Crippen LogP contribution is 2.30. The third-order valence-electron chi connectivity index (χ3n) is 3.49. The molecule has 0 aliphatic carbocycles. The van der Waals surface area contributed by atoms with E-state index < -0.39 is 20.0 Å². The van der Waals surface area contributed by atoms with E-state index in [1.54, 1.807) is 54.6 Å². The number of hydrogen-bond acceptors (Lipinski definition) is 4. The molecule has 0 unspecified atom stereocenters. The van der Waals surface area contributed by atoms with E-state index >= 15 is 0 Å². The lowest BCUT2D eigenvalue weighted by Gasteiger charge is -2.24. The molecule has 0 saturated carbocycles. The van der Waals surface area contributed by atoms with E-state index in [-0.39, 0.29) is 15.5 Å². The molecule has 0 atom stereocenters. The molecule has 3 aromatic rings. The van der Waals surface area contributed by atoms with Gasteiger partial charge in [0.15, 0.2) is 0 Å². The van der Waals surface area contributed by atoms with E-state index in [1.807, 2.05) is 0 Å². The van der Waals surface area contributed by atoms with Crippen molar-refractivity contribution in [1.82, 2.24) is 0 Å². The van der Waals surface area contributed by atoms with Gasteiger partial charge >= 0.3 is 0 Å². The molecule has 0 bridgehead atoms. The average molecular weight is 373 g/mol. The summed E-state index contributed by atoms with van der Waals surface area (Å²) in [7, 11) is -8.63. The van der Waals surface area contributed by atoms with Crippen molar-refractivity contribution in [2.24, 2.45) is 0 Å². The van der Waals surface area contributed by atoms with Gasteiger partial charge in [-0.25, -0.2) is 16.8 Å². The van der Waals surface area contributed by atoms with E-state index in [9.17, 15) is 16.8 Å². The number of para-hydroxylation sites is 1. The SMILES string of the molecule is O=S(=O)(c1ccccc1)N(c1ccccc1)S(=O)(=O)c1ccccc1. The Morgan fingerprint density at radius 1 is 0.480 bits per heavy atom. The van der Waals surface area contributed by atoms with Crippen LogP contribution in [0.5, 0.6) is 0 Å². The van der Waals surface area contributed by atoms with Crippen molar-refractivity contribution in [1.29, 1.82) is 0 Å². The van der Waals surface area contributed by atoms with Crippen LogP contribution in [0, 0.1) is 0 Å². The molecule has 7 heteroatoms. The Morgan fingerprint density at radius 3 is 1.16 bits per heavy atom. The molecule has 25 heavy (non-hydrogen) atoms. The highest BCUT2D eigenvalue weighted by molar-refractivity contribution is 8.10. The first-order chi connectivity index (χ1) is 11.9. The molecule has 0 heterocycles. The van der Waals surface area contributed by atoms with Crippen molar-refractivity contribution in [2.75, 3.05) is 3.71 Å². The maximum absolute atomic E-state index is 13.1. The molecule has 0 fully saturated rings. The van der Waals surface area contributed by atoms with E-state index in [0.717, 1.165) is 0 Å². The average Bonchev–Trinajstić information content (AvgIpc) is 2.64. The van der Waals surface area contributed by atoms with E-state index in [0.29, 0.717) is 3.71 Å². The van der Waals surface area contributed by atoms with Crippen LogP contribution in [0.15, 0.2) is 101 Å². The Balaban J connectivity index is 2.26. The monoisotopic (exact) mass is 373 g/mol. The summed E-state index contributed by atoms with van der Waals surface area (Å²) in [4.78, 5) is -0.197. The van der Waals surface area contributed by atoms with Crippen LogP contribution < -0.4 is 3.71 Å². The number of rotatable bonds is 5. The number of nitrogens with zero attached hydrogens (tertiary/aromatic N) is 1. The summed E-state index contributed by atoms with van der Waals surface area (Å²) >= 11 is 0. The Morgan fingerprint density at radius 2 is 0.800 bits per heavy atom. The molecular weight excluding hydrogens is 358 g/mol. The fourth-order valence-electron chi connectivity index (χ4n) is 2.33. The van der Waals surface area contributed by atoms with Crippen LogP contribution in [0.1, 0.15) is 0 Å². The predicted molar refractivity (Wildman–Crippen MR) is 96.2 cm³/mol. The second-order valence-electron chi connectivity index (χ2n) is 5.17. The van der Waals surface area contributed by atoms with Gasteiger partial charge in [-0.2, -0.15) is 3.71 Å². The summed E-state index contributed by atoms with van der Waals surface area (Å²) in [5.74, 6) is 0. The maximum atomic E-state index is 13.1. The van der Waals surface area contributed by atoms with Gasteiger partial charge in [-0.1, -0.05) is 54.6 Å². The summed E-state index contributed by atoms with van der Waals surface area (Å²) in [6.45, 7) is 0. The molecule has 0 N–H and O–H groups in total. The van der Waals surface area contributed by atoms with Crippen molar-refractivity contribution in [2.45, 2.75) is 9.79 Å². The molecule has 5 nitrogen and oxygen atoms in total. The minimum atomic E-state index is -4.31. The molecule has 0 radical (unpaired) electrons. The van der Waals surface area contributed by atoms with Crippen molar-refractivity contribution >= 4 is 25.7 Å². The minimum absolute atomic E-state index is 0.0511. The fourth-order valence-corrected chi connectivity index (χ4v) is 6.07. The molecule has 0 amide bonds. The number of anilines is 1. The van der Waals surface area contributed by atoms with Crippen LogP contribution in [-0.4, -0.2) is 16.8 Å². The molecular formula is C18H15NO4S2. The van der Waals surface area contributed by atoms with Crippen molar-refractivity contribution in [3.05, 3.63) is 91.0 Å². The Kier molecular flexibility index (Phi) is 4.61. The predicted octanol–water partition coefficient (Wildman–Crippen LogP) is 3.27. The summed E-state index contributed by atoms with van der Waals surface area (Å²) in [5.41, 5.74) is 0.0511. The summed E-state index contributed by atoms with van der Waals surface area (Å²) in [6.07, 6.45) is 0. The van der Waals surface area contributed by atoms with Gasteiger partial charge in [0.1, 0.15) is 0 Å². The van der Waals surface area contributed by atoms with Gasteiger partial charge in [0, 0.05) is 0 Å². The van der Waals surface area contributed by atoms with Crippen LogP contribution >= 0.6 is 0 Å². The Bertz CT molecular complexity index is 980. The zero-order valence-electron chi connectivity index (χ0n) is 13.1. The lowest BCUT2D eigenvalue weighted by atomic mass is 10.3. The first kappa shape index (κ1) is 17.2.